The predicted octanol–water partition coefficient (Wildman–Crippen LogP) is -3.39. The summed E-state index contributed by atoms with van der Waals surface area (Å²) in [6.45, 7) is 1.07. The van der Waals surface area contributed by atoms with Gasteiger partial charge in [-0.05, 0) is 26.2 Å². The highest BCUT2D eigenvalue weighted by molar-refractivity contribution is 5.79. The summed E-state index contributed by atoms with van der Waals surface area (Å²) in [5.74, 6) is -1.31. The number of carbonyl (C=O) groups is 3. The summed E-state index contributed by atoms with van der Waals surface area (Å²) in [6.07, 6.45) is -11.6. The fourth-order valence-electron chi connectivity index (χ4n) is 5.42. The average molecular weight is 683 g/mol. The van der Waals surface area contributed by atoms with Crippen LogP contribution in [-0.2, 0) is 38.2 Å². The third kappa shape index (κ3) is 11.2. The number of ether oxygens (including phenoxy) is 4. The highest BCUT2D eigenvalue weighted by Crippen LogP contribution is 2.23. The summed E-state index contributed by atoms with van der Waals surface area (Å²) in [7, 11) is 0. The number of hydrogen-bond donors (Lipinski definition) is 8. The first-order chi connectivity index (χ1) is 22.3. The van der Waals surface area contributed by atoms with Crippen molar-refractivity contribution in [3.05, 3.63) is 0 Å². The van der Waals surface area contributed by atoms with Crippen molar-refractivity contribution in [2.75, 3.05) is 32.9 Å². The van der Waals surface area contributed by atoms with Gasteiger partial charge in [0.1, 0.15) is 42.7 Å². The Morgan fingerprint density at radius 3 is 2.04 bits per heavy atom. The predicted molar refractivity (Wildman–Crippen MR) is 155 cm³/mol. The molecule has 0 aliphatic carbocycles. The molecule has 1 unspecified atom stereocenters. The summed E-state index contributed by atoms with van der Waals surface area (Å²) in [5.41, 5.74) is 0. The number of hydrogen-bond acceptors (Lipinski definition) is 16. The number of unbranched alkanes of at least 4 members (excludes halogenated alkanes) is 3. The van der Waals surface area contributed by atoms with Gasteiger partial charge in [0.05, 0.1) is 25.9 Å². The van der Waals surface area contributed by atoms with Gasteiger partial charge in [-0.1, -0.05) is 12.8 Å². The molecule has 3 aliphatic heterocycles. The largest absolute Gasteiger partial charge is 0.394 e. The summed E-state index contributed by atoms with van der Waals surface area (Å²) < 4.78 is 21.9. The van der Waals surface area contributed by atoms with Crippen molar-refractivity contribution in [2.24, 2.45) is 0 Å². The van der Waals surface area contributed by atoms with Crippen LogP contribution in [0.5, 0.6) is 0 Å². The van der Waals surface area contributed by atoms with E-state index < -0.39 is 86.1 Å². The number of amides is 2. The Bertz CT molecular complexity index is 990. The molecular formula is C29H50N2O16. The molecule has 3 rings (SSSR count). The van der Waals surface area contributed by atoms with Gasteiger partial charge in [-0.3, -0.25) is 9.59 Å². The van der Waals surface area contributed by atoms with Gasteiger partial charge in [0.25, 0.3) is 5.91 Å². The number of aliphatic hydroxyl groups is 8. The number of carbonyl (C=O) groups excluding carboxylic acids is 3. The molecule has 0 aromatic rings. The Hall–Kier alpha value is -2.07. The van der Waals surface area contributed by atoms with Crippen molar-refractivity contribution in [2.45, 2.75) is 132 Å². The topological polar surface area (TPSA) is 266 Å². The summed E-state index contributed by atoms with van der Waals surface area (Å²) in [4.78, 5) is 43.2. The lowest BCUT2D eigenvalue weighted by Crippen LogP contribution is -2.59. The molecule has 11 atom stereocenters. The molecule has 3 heterocycles. The van der Waals surface area contributed by atoms with Crippen molar-refractivity contribution in [1.82, 2.24) is 9.96 Å². The van der Waals surface area contributed by atoms with Crippen molar-refractivity contribution >= 4 is 17.8 Å². The second-order valence-electron chi connectivity index (χ2n) is 12.0. The maximum atomic E-state index is 13.1. The maximum Gasteiger partial charge on any atom is 0.332 e. The zero-order valence-corrected chi connectivity index (χ0v) is 26.5. The summed E-state index contributed by atoms with van der Waals surface area (Å²) >= 11 is 0. The van der Waals surface area contributed by atoms with Crippen LogP contribution in [0.3, 0.4) is 0 Å². The van der Waals surface area contributed by atoms with E-state index in [2.05, 4.69) is 0 Å². The number of aliphatic hydroxyl groups excluding tert-OH is 8. The van der Waals surface area contributed by atoms with E-state index in [9.17, 15) is 55.2 Å². The molecule has 2 amide bonds. The van der Waals surface area contributed by atoms with Crippen LogP contribution in [0, 0.1) is 0 Å². The van der Waals surface area contributed by atoms with E-state index in [1.54, 1.807) is 0 Å². The van der Waals surface area contributed by atoms with Gasteiger partial charge in [0.2, 0.25) is 5.91 Å². The fourth-order valence-corrected chi connectivity index (χ4v) is 5.42. The van der Waals surface area contributed by atoms with E-state index in [4.69, 9.17) is 23.8 Å². The third-order valence-corrected chi connectivity index (χ3v) is 8.36. The molecule has 272 valence electrons. The van der Waals surface area contributed by atoms with Crippen LogP contribution in [0.1, 0.15) is 64.7 Å². The molecule has 0 spiro atoms. The van der Waals surface area contributed by atoms with E-state index in [0.29, 0.717) is 30.7 Å². The van der Waals surface area contributed by atoms with Gasteiger partial charge in [-0.25, -0.2) is 4.79 Å². The Morgan fingerprint density at radius 2 is 1.40 bits per heavy atom. The second kappa shape index (κ2) is 19.2. The minimum absolute atomic E-state index is 0.0183. The minimum Gasteiger partial charge on any atom is -0.394 e. The molecular weight excluding hydrogens is 632 g/mol. The summed E-state index contributed by atoms with van der Waals surface area (Å²) in [5, 5.41) is 79.9. The van der Waals surface area contributed by atoms with Gasteiger partial charge in [-0.15, -0.1) is 5.06 Å². The SMILES string of the molecule is C[C@@H]1O[C@@H](OCCN(CCCO[C@H]2O[C@H](CO)[C@@H](O)[C@H](O)[C@@H]2O)C(=O)CCCCCCC(=O)ON2C(=O)CCC2O)[C@@H](O)[C@H](O)[C@@H]1O. The molecule has 0 bridgehead atoms. The van der Waals surface area contributed by atoms with Crippen LogP contribution in [-0.4, -0.2) is 169 Å². The van der Waals surface area contributed by atoms with E-state index in [1.807, 2.05) is 0 Å². The van der Waals surface area contributed by atoms with Crippen LogP contribution in [0.4, 0.5) is 0 Å². The first-order valence-electron chi connectivity index (χ1n) is 16.1. The second-order valence-corrected chi connectivity index (χ2v) is 12.0. The monoisotopic (exact) mass is 682 g/mol. The van der Waals surface area contributed by atoms with Crippen LogP contribution in [0.25, 0.3) is 0 Å². The molecule has 3 aliphatic rings. The molecule has 0 aromatic heterocycles. The van der Waals surface area contributed by atoms with Crippen LogP contribution in [0.15, 0.2) is 0 Å². The standard InChI is InChI=1S/C29H50N2O16/c1-16-22(37)24(39)26(41)28(45-16)44-14-12-30(11-6-13-43-29-27(42)25(40)23(38)17(15-32)46-29)18(33)7-4-2-3-5-8-21(36)47-31-19(34)9-10-20(31)35/h16-17,19,22-29,32,34,37-42H,2-15H2,1H3/t16-,17+,19?,22+,23+,24+,25-,26-,27-,28+,29-/m0/s1. The Labute approximate surface area is 272 Å². The molecule has 18 nitrogen and oxygen atoms in total. The Morgan fingerprint density at radius 1 is 0.787 bits per heavy atom. The number of hydroxylamine groups is 2. The molecule has 8 N–H and O–H groups in total. The maximum absolute atomic E-state index is 13.1. The quantitative estimate of drug-likeness (QED) is 0.0655. The average Bonchev–Trinajstić information content (AvgIpc) is 3.36. The smallest absolute Gasteiger partial charge is 0.332 e. The van der Waals surface area contributed by atoms with E-state index in [1.165, 1.54) is 11.8 Å². The van der Waals surface area contributed by atoms with Crippen molar-refractivity contribution in [3.63, 3.8) is 0 Å². The lowest BCUT2D eigenvalue weighted by atomic mass is 9.99. The summed E-state index contributed by atoms with van der Waals surface area (Å²) in [6, 6.07) is 0. The molecule has 0 radical (unpaired) electrons. The highest BCUT2D eigenvalue weighted by atomic mass is 16.7. The highest BCUT2D eigenvalue weighted by Gasteiger charge is 2.44. The fraction of sp³-hybridized carbons (Fsp3) is 0.897. The number of nitrogens with zero attached hydrogens (tertiary/aromatic N) is 2. The molecule has 18 heteroatoms. The van der Waals surface area contributed by atoms with Gasteiger partial charge < -0.3 is 69.5 Å². The normalized spacial score (nSPS) is 34.4. The first kappa shape index (κ1) is 39.4. The molecule has 3 fully saturated rings. The van der Waals surface area contributed by atoms with E-state index in [0.717, 1.165) is 0 Å². The van der Waals surface area contributed by atoms with E-state index >= 15 is 0 Å². The lowest BCUT2D eigenvalue weighted by molar-refractivity contribution is -0.301. The van der Waals surface area contributed by atoms with Gasteiger partial charge in [-0.2, -0.15) is 0 Å². The lowest BCUT2D eigenvalue weighted by Gasteiger charge is -2.39. The molecule has 47 heavy (non-hydrogen) atoms. The minimum atomic E-state index is -1.59. The third-order valence-electron chi connectivity index (χ3n) is 8.36. The zero-order chi connectivity index (χ0) is 34.7. The zero-order valence-electron chi connectivity index (χ0n) is 26.5. The van der Waals surface area contributed by atoms with Gasteiger partial charge >= 0.3 is 5.97 Å². The van der Waals surface area contributed by atoms with Crippen molar-refractivity contribution in [3.8, 4) is 0 Å². The Balaban J connectivity index is 1.43. The van der Waals surface area contributed by atoms with Crippen molar-refractivity contribution in [1.29, 1.82) is 0 Å². The van der Waals surface area contributed by atoms with E-state index in [-0.39, 0.29) is 64.3 Å². The molecule has 0 aromatic carbocycles. The Kier molecular flexibility index (Phi) is 16.1. The van der Waals surface area contributed by atoms with Crippen LogP contribution < -0.4 is 0 Å². The number of rotatable bonds is 18. The van der Waals surface area contributed by atoms with Crippen molar-refractivity contribution < 1.29 is 79.0 Å². The first-order valence-corrected chi connectivity index (χ1v) is 16.1. The van der Waals surface area contributed by atoms with Gasteiger partial charge in [0.15, 0.2) is 18.8 Å². The molecule has 3 saturated heterocycles. The molecule has 0 saturated carbocycles. The van der Waals surface area contributed by atoms with Gasteiger partial charge in [0, 0.05) is 38.8 Å². The van der Waals surface area contributed by atoms with Crippen LogP contribution in [0.2, 0.25) is 0 Å². The van der Waals surface area contributed by atoms with Crippen LogP contribution >= 0.6 is 0 Å².